The molecule has 0 spiro atoms. The molecule has 0 saturated carbocycles. The van der Waals surface area contributed by atoms with Crippen LogP contribution in [-0.2, 0) is 0 Å². The number of nitrogens with one attached hydrogen (secondary N) is 2. The van der Waals surface area contributed by atoms with E-state index in [1.807, 2.05) is 36.4 Å². The fraction of sp³-hybridized carbons (Fsp3) is 0.0870. The highest BCUT2D eigenvalue weighted by Crippen LogP contribution is 2.28. The molecule has 0 saturated heterocycles. The highest BCUT2D eigenvalue weighted by Gasteiger charge is 2.26. The largest absolute Gasteiger partial charge is 0.386 e. The predicted octanol–water partition coefficient (Wildman–Crippen LogP) is 2.43. The number of carbonyl (C=O) groups is 1. The lowest BCUT2D eigenvalue weighted by molar-refractivity contribution is 0.0829. The molecule has 2 aromatic carbocycles. The number of hydrogen-bond acceptors (Lipinski definition) is 6. The Bertz CT molecular complexity index is 1210. The number of H-pyrrole nitrogens is 1. The second-order valence-electron chi connectivity index (χ2n) is 6.80. The van der Waals surface area contributed by atoms with E-state index in [0.29, 0.717) is 16.8 Å². The topological polar surface area (TPSA) is 121 Å². The zero-order valence-electron chi connectivity index (χ0n) is 16.3. The van der Waals surface area contributed by atoms with Crippen LogP contribution < -0.4 is 10.9 Å². The third kappa shape index (κ3) is 4.54. The lowest BCUT2D eigenvalue weighted by Crippen LogP contribution is -2.36. The Morgan fingerprint density at radius 3 is 2.23 bits per heavy atom. The highest BCUT2D eigenvalue weighted by atomic mass is 16.3. The molecule has 0 aliphatic carbocycles. The molecule has 2 atom stereocenters. The monoisotopic (exact) mass is 413 g/mol. The van der Waals surface area contributed by atoms with Gasteiger partial charge in [0.05, 0.1) is 6.04 Å². The van der Waals surface area contributed by atoms with Crippen LogP contribution >= 0.6 is 0 Å². The lowest BCUT2D eigenvalue weighted by atomic mass is 9.95. The Morgan fingerprint density at radius 2 is 1.61 bits per heavy atom. The molecule has 4 rings (SSSR count). The van der Waals surface area contributed by atoms with E-state index in [1.54, 1.807) is 36.4 Å². The number of nitrogens with zero attached hydrogens (tertiary/aromatic N) is 3. The second-order valence-corrected chi connectivity index (χ2v) is 6.80. The van der Waals surface area contributed by atoms with Crippen molar-refractivity contribution in [3.05, 3.63) is 112 Å². The molecule has 8 nitrogen and oxygen atoms in total. The molecule has 0 bridgehead atoms. The number of rotatable bonds is 6. The number of benzene rings is 2. The molecule has 8 heteroatoms. The lowest BCUT2D eigenvalue weighted by Gasteiger charge is -2.25. The van der Waals surface area contributed by atoms with E-state index in [0.717, 1.165) is 0 Å². The van der Waals surface area contributed by atoms with Gasteiger partial charge in [-0.05, 0) is 23.3 Å². The molecule has 0 unspecified atom stereocenters. The van der Waals surface area contributed by atoms with Gasteiger partial charge < -0.3 is 15.4 Å². The van der Waals surface area contributed by atoms with Crippen molar-refractivity contribution < 1.29 is 9.90 Å². The molecule has 2 aromatic heterocycles. The molecule has 154 valence electrons. The number of hydrogen-bond donors (Lipinski definition) is 3. The van der Waals surface area contributed by atoms with Crippen molar-refractivity contribution in [3.8, 4) is 11.5 Å². The van der Waals surface area contributed by atoms with Crippen molar-refractivity contribution in [1.29, 1.82) is 0 Å². The Kier molecular flexibility index (Phi) is 5.91. The van der Waals surface area contributed by atoms with Gasteiger partial charge in [0.1, 0.15) is 17.4 Å². The number of aliphatic hydroxyl groups is 1. The SMILES string of the molecule is O=C(N[C@H](c1ccccc1)[C@H](O)c1ccccc1)c1cnc(-c2cccnn2)[nH]c1=O. The van der Waals surface area contributed by atoms with Crippen LogP contribution in [0.25, 0.3) is 11.5 Å². The van der Waals surface area contributed by atoms with Crippen LogP contribution in [0.3, 0.4) is 0 Å². The van der Waals surface area contributed by atoms with E-state index in [-0.39, 0.29) is 11.4 Å². The van der Waals surface area contributed by atoms with Gasteiger partial charge in [-0.3, -0.25) is 9.59 Å². The smallest absolute Gasteiger partial charge is 0.264 e. The van der Waals surface area contributed by atoms with Gasteiger partial charge in [-0.1, -0.05) is 60.7 Å². The van der Waals surface area contributed by atoms with Crippen molar-refractivity contribution >= 4 is 5.91 Å². The minimum absolute atomic E-state index is 0.172. The summed E-state index contributed by atoms with van der Waals surface area (Å²) in [4.78, 5) is 32.2. The molecular formula is C23H19N5O3. The third-order valence-corrected chi connectivity index (χ3v) is 4.76. The zero-order valence-corrected chi connectivity index (χ0v) is 16.3. The van der Waals surface area contributed by atoms with E-state index >= 15 is 0 Å². The first-order valence-electron chi connectivity index (χ1n) is 9.59. The highest BCUT2D eigenvalue weighted by molar-refractivity contribution is 5.94. The minimum Gasteiger partial charge on any atom is -0.386 e. The molecular weight excluding hydrogens is 394 g/mol. The quantitative estimate of drug-likeness (QED) is 0.446. The summed E-state index contributed by atoms with van der Waals surface area (Å²) in [6, 6.07) is 20.6. The summed E-state index contributed by atoms with van der Waals surface area (Å²) in [5.74, 6) is -0.443. The summed E-state index contributed by atoms with van der Waals surface area (Å²) in [5.41, 5.74) is 0.936. The van der Waals surface area contributed by atoms with Crippen LogP contribution in [0.4, 0.5) is 0 Å². The number of aromatic nitrogens is 4. The molecule has 3 N–H and O–H groups in total. The van der Waals surface area contributed by atoms with Gasteiger partial charge in [-0.15, -0.1) is 5.10 Å². The fourth-order valence-electron chi connectivity index (χ4n) is 3.18. The number of aliphatic hydroxyl groups excluding tert-OH is 1. The van der Waals surface area contributed by atoms with E-state index in [2.05, 4.69) is 25.5 Å². The summed E-state index contributed by atoms with van der Waals surface area (Å²) in [7, 11) is 0. The number of aromatic amines is 1. The van der Waals surface area contributed by atoms with Crippen molar-refractivity contribution in [1.82, 2.24) is 25.5 Å². The zero-order chi connectivity index (χ0) is 21.6. The van der Waals surface area contributed by atoms with Gasteiger partial charge >= 0.3 is 0 Å². The molecule has 4 aromatic rings. The van der Waals surface area contributed by atoms with Crippen LogP contribution in [0.5, 0.6) is 0 Å². The Hall–Kier alpha value is -4.17. The fourth-order valence-corrected chi connectivity index (χ4v) is 3.18. The molecule has 0 fully saturated rings. The first kappa shape index (κ1) is 20.1. The average molecular weight is 413 g/mol. The maximum atomic E-state index is 12.9. The average Bonchev–Trinajstić information content (AvgIpc) is 2.83. The molecule has 0 aliphatic rings. The number of carbonyl (C=O) groups excluding carboxylic acids is 1. The standard InChI is InChI=1S/C23H19N5O3/c29-20(16-10-5-2-6-11-16)19(15-8-3-1-4-9-15)26-22(30)17-14-24-21(27-23(17)31)18-12-7-13-25-28-18/h1-14,19-20,29H,(H,26,30)(H,24,27,31)/t19-,20-/m1/s1. The van der Waals surface area contributed by atoms with Gasteiger partial charge in [0.25, 0.3) is 11.5 Å². The van der Waals surface area contributed by atoms with Crippen molar-refractivity contribution in [3.63, 3.8) is 0 Å². The van der Waals surface area contributed by atoms with Gasteiger partial charge in [0, 0.05) is 12.4 Å². The number of amides is 1. The normalized spacial score (nSPS) is 12.7. The van der Waals surface area contributed by atoms with Gasteiger partial charge in [-0.25, -0.2) is 4.98 Å². The van der Waals surface area contributed by atoms with Gasteiger partial charge in [-0.2, -0.15) is 5.10 Å². The minimum atomic E-state index is -1.02. The van der Waals surface area contributed by atoms with Gasteiger partial charge in [0.15, 0.2) is 5.82 Å². The second kappa shape index (κ2) is 9.10. The maximum absolute atomic E-state index is 12.9. The van der Waals surface area contributed by atoms with Crippen LogP contribution in [0.2, 0.25) is 0 Å². The first-order valence-corrected chi connectivity index (χ1v) is 9.59. The van der Waals surface area contributed by atoms with Crippen LogP contribution in [0, 0.1) is 0 Å². The first-order chi connectivity index (χ1) is 15.1. The summed E-state index contributed by atoms with van der Waals surface area (Å²) in [6.07, 6.45) is 1.68. The third-order valence-electron chi connectivity index (χ3n) is 4.76. The van der Waals surface area contributed by atoms with Crippen LogP contribution in [0.1, 0.15) is 33.6 Å². The molecule has 0 radical (unpaired) electrons. The van der Waals surface area contributed by atoms with E-state index in [9.17, 15) is 14.7 Å². The van der Waals surface area contributed by atoms with Crippen molar-refractivity contribution in [2.24, 2.45) is 0 Å². The Labute approximate surface area is 177 Å². The van der Waals surface area contributed by atoms with Crippen molar-refractivity contribution in [2.45, 2.75) is 12.1 Å². The van der Waals surface area contributed by atoms with Crippen LogP contribution in [0.15, 0.2) is 90.0 Å². The predicted molar refractivity (Wildman–Crippen MR) is 114 cm³/mol. The molecule has 1 amide bonds. The van der Waals surface area contributed by atoms with E-state index in [4.69, 9.17) is 0 Å². The summed E-state index contributed by atoms with van der Waals surface area (Å²) in [5, 5.41) is 21.4. The van der Waals surface area contributed by atoms with Gasteiger partial charge in [0.2, 0.25) is 0 Å². The summed E-state index contributed by atoms with van der Waals surface area (Å²) < 4.78 is 0. The Morgan fingerprint density at radius 1 is 0.935 bits per heavy atom. The Balaban J connectivity index is 1.63. The van der Waals surface area contributed by atoms with Crippen molar-refractivity contribution in [2.75, 3.05) is 0 Å². The molecule has 0 aliphatic heterocycles. The summed E-state index contributed by atoms with van der Waals surface area (Å²) in [6.45, 7) is 0. The van der Waals surface area contributed by atoms with Crippen LogP contribution in [-0.4, -0.2) is 31.2 Å². The molecule has 2 heterocycles. The maximum Gasteiger partial charge on any atom is 0.264 e. The summed E-state index contributed by atoms with van der Waals surface area (Å²) >= 11 is 0. The van der Waals surface area contributed by atoms with E-state index in [1.165, 1.54) is 12.4 Å². The van der Waals surface area contributed by atoms with E-state index < -0.39 is 23.6 Å². The molecule has 31 heavy (non-hydrogen) atoms.